The summed E-state index contributed by atoms with van der Waals surface area (Å²) in [5.41, 5.74) is 9.27. The maximum atomic E-state index is 10.8. The summed E-state index contributed by atoms with van der Waals surface area (Å²) in [5.74, 6) is 1.03. The number of nitrogens with two attached hydrogens (primary N) is 1. The number of nitrogens with zero attached hydrogens (tertiary/aromatic N) is 2. The molecule has 0 spiro atoms. The summed E-state index contributed by atoms with van der Waals surface area (Å²) >= 11 is 0. The molecular formula is C21H23N5O4. The van der Waals surface area contributed by atoms with E-state index in [-0.39, 0.29) is 13.2 Å². The Hall–Kier alpha value is -3.85. The second kappa shape index (κ2) is 10.1. The van der Waals surface area contributed by atoms with E-state index in [1.54, 1.807) is 19.2 Å². The Kier molecular flexibility index (Phi) is 7.01. The van der Waals surface area contributed by atoms with Crippen molar-refractivity contribution in [3.63, 3.8) is 0 Å². The van der Waals surface area contributed by atoms with Crippen molar-refractivity contribution < 1.29 is 19.4 Å². The summed E-state index contributed by atoms with van der Waals surface area (Å²) in [6.07, 6.45) is 1.38. The van der Waals surface area contributed by atoms with E-state index in [4.69, 9.17) is 15.2 Å². The van der Waals surface area contributed by atoms with Crippen molar-refractivity contribution in [2.75, 3.05) is 30.1 Å². The van der Waals surface area contributed by atoms with Gasteiger partial charge in [-0.15, -0.1) is 0 Å². The molecule has 1 heterocycles. The quantitative estimate of drug-likeness (QED) is 0.373. The molecule has 0 saturated carbocycles. The molecule has 0 bridgehead atoms. The molecule has 5 N–H and O–H groups in total. The van der Waals surface area contributed by atoms with E-state index in [0.717, 1.165) is 11.3 Å². The largest absolute Gasteiger partial charge is 0.495 e. The van der Waals surface area contributed by atoms with E-state index >= 15 is 0 Å². The number of nitrogen functional groups attached to an aromatic ring is 1. The van der Waals surface area contributed by atoms with Gasteiger partial charge >= 0.3 is 0 Å². The zero-order valence-electron chi connectivity index (χ0n) is 16.4. The summed E-state index contributed by atoms with van der Waals surface area (Å²) in [7, 11) is 1.58. The van der Waals surface area contributed by atoms with E-state index in [1.165, 1.54) is 6.33 Å². The number of benzene rings is 2. The van der Waals surface area contributed by atoms with E-state index in [1.807, 2.05) is 36.4 Å². The second-order valence-electron chi connectivity index (χ2n) is 6.33. The van der Waals surface area contributed by atoms with Crippen LogP contribution in [0.25, 0.3) is 0 Å². The highest BCUT2D eigenvalue weighted by molar-refractivity contribution is 5.73. The first kappa shape index (κ1) is 20.9. The SMILES string of the molecule is COc1ccccc1Nc1ncnc(C(COC=O)Nc2cccc(CO)c2)c1N. The number of anilines is 4. The van der Waals surface area contributed by atoms with Crippen molar-refractivity contribution in [1.82, 2.24) is 9.97 Å². The minimum absolute atomic E-state index is 0.00215. The zero-order valence-corrected chi connectivity index (χ0v) is 16.4. The lowest BCUT2D eigenvalue weighted by Gasteiger charge is -2.21. The molecular weight excluding hydrogens is 386 g/mol. The number of methoxy groups -OCH3 is 1. The number of hydrogen-bond acceptors (Lipinski definition) is 9. The zero-order chi connectivity index (χ0) is 21.3. The van der Waals surface area contributed by atoms with Gasteiger partial charge in [0, 0.05) is 5.69 Å². The van der Waals surface area contributed by atoms with E-state index in [9.17, 15) is 9.90 Å². The van der Waals surface area contributed by atoms with Crippen LogP contribution in [0.5, 0.6) is 5.75 Å². The van der Waals surface area contributed by atoms with Gasteiger partial charge in [0.25, 0.3) is 6.47 Å². The number of carbonyl (C=O) groups excluding carboxylic acids is 1. The smallest absolute Gasteiger partial charge is 0.293 e. The molecule has 0 saturated heterocycles. The third kappa shape index (κ3) is 4.95. The Morgan fingerprint density at radius 2 is 2.03 bits per heavy atom. The van der Waals surface area contributed by atoms with Crippen molar-refractivity contribution >= 4 is 29.4 Å². The molecule has 0 aliphatic heterocycles. The summed E-state index contributed by atoms with van der Waals surface area (Å²) in [6.45, 7) is 0.278. The van der Waals surface area contributed by atoms with Crippen LogP contribution in [-0.4, -0.2) is 35.3 Å². The van der Waals surface area contributed by atoms with E-state index < -0.39 is 6.04 Å². The maximum absolute atomic E-state index is 10.8. The highest BCUT2D eigenvalue weighted by Crippen LogP contribution is 2.32. The lowest BCUT2D eigenvalue weighted by molar-refractivity contribution is -0.129. The molecule has 156 valence electrons. The molecule has 2 aromatic carbocycles. The molecule has 1 unspecified atom stereocenters. The molecule has 3 rings (SSSR count). The average Bonchev–Trinajstić information content (AvgIpc) is 2.78. The molecule has 3 aromatic rings. The van der Waals surface area contributed by atoms with Crippen LogP contribution in [0.2, 0.25) is 0 Å². The van der Waals surface area contributed by atoms with Gasteiger partial charge in [0.1, 0.15) is 24.7 Å². The van der Waals surface area contributed by atoms with Gasteiger partial charge in [0.2, 0.25) is 0 Å². The van der Waals surface area contributed by atoms with Crippen molar-refractivity contribution in [3.05, 3.63) is 66.1 Å². The molecule has 0 radical (unpaired) electrons. The first-order valence-electron chi connectivity index (χ1n) is 9.18. The molecule has 0 fully saturated rings. The number of aliphatic hydroxyl groups excluding tert-OH is 1. The molecule has 0 aliphatic carbocycles. The van der Waals surface area contributed by atoms with Gasteiger partial charge in [-0.3, -0.25) is 4.79 Å². The number of ether oxygens (including phenoxy) is 2. The maximum Gasteiger partial charge on any atom is 0.293 e. The molecule has 9 heteroatoms. The highest BCUT2D eigenvalue weighted by Gasteiger charge is 2.20. The van der Waals surface area contributed by atoms with Crippen molar-refractivity contribution in [3.8, 4) is 5.75 Å². The lowest BCUT2D eigenvalue weighted by Crippen LogP contribution is -2.20. The van der Waals surface area contributed by atoms with Gasteiger partial charge < -0.3 is 30.9 Å². The van der Waals surface area contributed by atoms with Gasteiger partial charge in [-0.1, -0.05) is 24.3 Å². The fourth-order valence-corrected chi connectivity index (χ4v) is 2.95. The first-order chi connectivity index (χ1) is 14.7. The molecule has 1 aromatic heterocycles. The van der Waals surface area contributed by atoms with Gasteiger partial charge in [-0.05, 0) is 29.8 Å². The van der Waals surface area contributed by atoms with Gasteiger partial charge in [-0.2, -0.15) is 0 Å². The van der Waals surface area contributed by atoms with E-state index in [0.29, 0.717) is 35.1 Å². The van der Waals surface area contributed by atoms with Gasteiger partial charge in [0.05, 0.1) is 30.8 Å². The molecule has 0 amide bonds. The minimum atomic E-state index is -0.537. The molecule has 1 atom stereocenters. The van der Waals surface area contributed by atoms with Gasteiger partial charge in [0.15, 0.2) is 5.82 Å². The van der Waals surface area contributed by atoms with Crippen molar-refractivity contribution in [2.45, 2.75) is 12.6 Å². The van der Waals surface area contributed by atoms with Gasteiger partial charge in [-0.25, -0.2) is 9.97 Å². The fourth-order valence-electron chi connectivity index (χ4n) is 2.95. The third-order valence-electron chi connectivity index (χ3n) is 4.39. The summed E-state index contributed by atoms with van der Waals surface area (Å²) in [4.78, 5) is 19.3. The van der Waals surface area contributed by atoms with Crippen LogP contribution in [0.1, 0.15) is 17.3 Å². The van der Waals surface area contributed by atoms with Crippen LogP contribution in [0, 0.1) is 0 Å². The monoisotopic (exact) mass is 409 g/mol. The normalized spacial score (nSPS) is 11.4. The lowest BCUT2D eigenvalue weighted by atomic mass is 10.1. The third-order valence-corrected chi connectivity index (χ3v) is 4.39. The number of aliphatic hydroxyl groups is 1. The summed E-state index contributed by atoms with van der Waals surface area (Å²) in [6, 6.07) is 14.1. The molecule has 30 heavy (non-hydrogen) atoms. The predicted molar refractivity (Wildman–Crippen MR) is 113 cm³/mol. The average molecular weight is 409 g/mol. The van der Waals surface area contributed by atoms with E-state index in [2.05, 4.69) is 20.6 Å². The molecule has 0 aliphatic rings. The standard InChI is InChI=1S/C21H23N5O4/c1-29-18-8-3-2-7-16(18)26-21-19(22)20(23-12-24-21)17(11-30-13-28)25-15-6-4-5-14(9-15)10-27/h2-9,12-13,17,25,27H,10-11,22H2,1H3,(H,23,24,26). The van der Waals surface area contributed by atoms with Crippen molar-refractivity contribution in [1.29, 1.82) is 0 Å². The van der Waals surface area contributed by atoms with Crippen molar-refractivity contribution in [2.24, 2.45) is 0 Å². The molecule has 9 nitrogen and oxygen atoms in total. The summed E-state index contributed by atoms with van der Waals surface area (Å²) in [5, 5.41) is 15.8. The Balaban J connectivity index is 1.91. The van der Waals surface area contributed by atoms with Crippen LogP contribution in [-0.2, 0) is 16.1 Å². The second-order valence-corrected chi connectivity index (χ2v) is 6.33. The fraction of sp³-hybridized carbons (Fsp3) is 0.190. The Bertz CT molecular complexity index is 999. The van der Waals surface area contributed by atoms with Crippen LogP contribution < -0.4 is 21.1 Å². The minimum Gasteiger partial charge on any atom is -0.495 e. The topological polar surface area (TPSA) is 132 Å². The Morgan fingerprint density at radius 1 is 1.20 bits per heavy atom. The predicted octanol–water partition coefficient (Wildman–Crippen LogP) is 2.63. The Labute approximate surface area is 173 Å². The first-order valence-corrected chi connectivity index (χ1v) is 9.18. The summed E-state index contributed by atoms with van der Waals surface area (Å²) < 4.78 is 10.3. The van der Waals surface area contributed by atoms with Crippen LogP contribution in [0.3, 0.4) is 0 Å². The highest BCUT2D eigenvalue weighted by atomic mass is 16.5. The Morgan fingerprint density at radius 3 is 2.80 bits per heavy atom. The van der Waals surface area contributed by atoms with Crippen LogP contribution in [0.4, 0.5) is 22.9 Å². The van der Waals surface area contributed by atoms with Crippen LogP contribution in [0.15, 0.2) is 54.9 Å². The number of nitrogens with one attached hydrogen (secondary N) is 2. The number of para-hydroxylation sites is 2. The number of rotatable bonds is 10. The number of hydrogen-bond donors (Lipinski definition) is 4. The van der Waals surface area contributed by atoms with Crippen LogP contribution >= 0.6 is 0 Å². The number of carbonyl (C=O) groups is 1. The number of aromatic nitrogens is 2.